The Morgan fingerprint density at radius 1 is 1.29 bits per heavy atom. The van der Waals surface area contributed by atoms with Crippen LogP contribution in [0.1, 0.15) is 11.3 Å². The first-order valence-corrected chi connectivity index (χ1v) is 5.60. The average Bonchev–Trinajstić information content (AvgIpc) is 2.67. The van der Waals surface area contributed by atoms with E-state index in [1.54, 1.807) is 0 Å². The van der Waals surface area contributed by atoms with Crippen LogP contribution in [-0.4, -0.2) is 9.78 Å². The van der Waals surface area contributed by atoms with Gasteiger partial charge in [0.25, 0.3) is 0 Å². The average molecular weight is 251 g/mol. The molecular formula is C11H11BrN2. The summed E-state index contributed by atoms with van der Waals surface area (Å²) < 4.78 is 1.91. The molecule has 0 N–H and O–H groups in total. The van der Waals surface area contributed by atoms with Gasteiger partial charge in [0.2, 0.25) is 0 Å². The van der Waals surface area contributed by atoms with Gasteiger partial charge in [-0.05, 0) is 24.6 Å². The van der Waals surface area contributed by atoms with Crippen molar-refractivity contribution in [1.82, 2.24) is 9.78 Å². The van der Waals surface area contributed by atoms with Gasteiger partial charge < -0.3 is 0 Å². The Kier molecular flexibility index (Phi) is 2.68. The number of aromatic nitrogens is 2. The Hall–Kier alpha value is -1.09. The first-order chi connectivity index (χ1) is 6.81. The van der Waals surface area contributed by atoms with Crippen molar-refractivity contribution in [2.45, 2.75) is 12.3 Å². The van der Waals surface area contributed by atoms with Gasteiger partial charge in [-0.15, -0.1) is 0 Å². The van der Waals surface area contributed by atoms with Crippen LogP contribution in [0.25, 0.3) is 5.69 Å². The molecule has 0 aliphatic carbocycles. The molecule has 0 saturated carbocycles. The highest BCUT2D eigenvalue weighted by atomic mass is 79.9. The molecule has 72 valence electrons. The van der Waals surface area contributed by atoms with Gasteiger partial charge in [0.15, 0.2) is 0 Å². The summed E-state index contributed by atoms with van der Waals surface area (Å²) in [6.07, 6.45) is 1.99. The van der Waals surface area contributed by atoms with Gasteiger partial charge in [-0.1, -0.05) is 34.1 Å². The van der Waals surface area contributed by atoms with E-state index in [1.807, 2.05) is 29.1 Å². The number of aryl methyl sites for hydroxylation is 1. The molecule has 2 nitrogen and oxygen atoms in total. The molecular weight excluding hydrogens is 240 g/mol. The van der Waals surface area contributed by atoms with Gasteiger partial charge in [-0.3, -0.25) is 0 Å². The standard InChI is InChI=1S/C11H11BrN2/c1-9-4-2-3-5-11(9)14-7-6-10(8-12)13-14/h2-7H,8H2,1H3. The summed E-state index contributed by atoms with van der Waals surface area (Å²) in [5.41, 5.74) is 3.42. The van der Waals surface area contributed by atoms with Crippen LogP contribution < -0.4 is 0 Å². The molecule has 0 radical (unpaired) electrons. The fraction of sp³-hybridized carbons (Fsp3) is 0.182. The van der Waals surface area contributed by atoms with E-state index in [-0.39, 0.29) is 0 Å². The zero-order chi connectivity index (χ0) is 9.97. The van der Waals surface area contributed by atoms with Crippen molar-refractivity contribution in [3.63, 3.8) is 0 Å². The van der Waals surface area contributed by atoms with Crippen molar-refractivity contribution in [3.8, 4) is 5.69 Å². The Morgan fingerprint density at radius 2 is 2.07 bits per heavy atom. The van der Waals surface area contributed by atoms with E-state index < -0.39 is 0 Å². The molecule has 0 spiro atoms. The summed E-state index contributed by atoms with van der Waals surface area (Å²) in [5.74, 6) is 0. The van der Waals surface area contributed by atoms with Crippen LogP contribution >= 0.6 is 15.9 Å². The third-order valence-corrected chi connectivity index (χ3v) is 2.72. The molecule has 0 aliphatic heterocycles. The quantitative estimate of drug-likeness (QED) is 0.750. The summed E-state index contributed by atoms with van der Waals surface area (Å²) in [7, 11) is 0. The minimum absolute atomic E-state index is 0.798. The third-order valence-electron chi connectivity index (χ3n) is 2.14. The molecule has 1 heterocycles. The van der Waals surface area contributed by atoms with Crippen LogP contribution in [0.3, 0.4) is 0 Å². The second kappa shape index (κ2) is 3.96. The monoisotopic (exact) mass is 250 g/mol. The van der Waals surface area contributed by atoms with Crippen molar-refractivity contribution in [1.29, 1.82) is 0 Å². The normalized spacial score (nSPS) is 10.4. The van der Waals surface area contributed by atoms with Crippen LogP contribution in [0.2, 0.25) is 0 Å². The van der Waals surface area contributed by atoms with Gasteiger partial charge in [0, 0.05) is 11.5 Å². The maximum Gasteiger partial charge on any atom is 0.0734 e. The molecule has 3 heteroatoms. The molecule has 0 atom stereocenters. The number of halogens is 1. The zero-order valence-corrected chi connectivity index (χ0v) is 9.53. The molecule has 14 heavy (non-hydrogen) atoms. The third kappa shape index (κ3) is 1.73. The Labute approximate surface area is 91.7 Å². The van der Waals surface area contributed by atoms with E-state index in [2.05, 4.69) is 40.1 Å². The Balaban J connectivity index is 2.44. The fourth-order valence-corrected chi connectivity index (χ4v) is 1.69. The topological polar surface area (TPSA) is 17.8 Å². The number of alkyl halides is 1. The van der Waals surface area contributed by atoms with E-state index in [4.69, 9.17) is 0 Å². The molecule has 2 aromatic rings. The first kappa shape index (κ1) is 9.46. The summed E-state index contributed by atoms with van der Waals surface area (Å²) in [6, 6.07) is 10.2. The van der Waals surface area contributed by atoms with Crippen LogP contribution in [0.15, 0.2) is 36.5 Å². The predicted molar refractivity (Wildman–Crippen MR) is 60.9 cm³/mol. The second-order valence-electron chi connectivity index (χ2n) is 3.17. The number of benzene rings is 1. The molecule has 0 unspecified atom stereocenters. The lowest BCUT2D eigenvalue weighted by Crippen LogP contribution is -1.97. The summed E-state index contributed by atoms with van der Waals surface area (Å²) in [5, 5.41) is 5.23. The Morgan fingerprint density at radius 3 is 2.71 bits per heavy atom. The largest absolute Gasteiger partial charge is 0.240 e. The van der Waals surface area contributed by atoms with Gasteiger partial charge >= 0.3 is 0 Å². The van der Waals surface area contributed by atoms with Crippen LogP contribution in [-0.2, 0) is 5.33 Å². The maximum absolute atomic E-state index is 4.43. The molecule has 0 amide bonds. The zero-order valence-electron chi connectivity index (χ0n) is 7.94. The lowest BCUT2D eigenvalue weighted by Gasteiger charge is -2.04. The summed E-state index contributed by atoms with van der Waals surface area (Å²) >= 11 is 3.39. The summed E-state index contributed by atoms with van der Waals surface area (Å²) in [4.78, 5) is 0. The summed E-state index contributed by atoms with van der Waals surface area (Å²) in [6.45, 7) is 2.09. The number of rotatable bonds is 2. The lowest BCUT2D eigenvalue weighted by atomic mass is 10.2. The molecule has 0 fully saturated rings. The van der Waals surface area contributed by atoms with E-state index in [0.717, 1.165) is 16.7 Å². The van der Waals surface area contributed by atoms with Gasteiger partial charge in [0.1, 0.15) is 0 Å². The van der Waals surface area contributed by atoms with Crippen molar-refractivity contribution in [2.75, 3.05) is 0 Å². The van der Waals surface area contributed by atoms with Crippen molar-refractivity contribution < 1.29 is 0 Å². The van der Waals surface area contributed by atoms with Crippen LogP contribution in [0, 0.1) is 6.92 Å². The molecule has 0 bridgehead atoms. The highest BCUT2D eigenvalue weighted by molar-refractivity contribution is 9.08. The number of hydrogen-bond acceptors (Lipinski definition) is 1. The van der Waals surface area contributed by atoms with Gasteiger partial charge in [-0.2, -0.15) is 5.10 Å². The SMILES string of the molecule is Cc1ccccc1-n1ccc(CBr)n1. The van der Waals surface area contributed by atoms with Gasteiger partial charge in [-0.25, -0.2) is 4.68 Å². The minimum Gasteiger partial charge on any atom is -0.240 e. The van der Waals surface area contributed by atoms with Gasteiger partial charge in [0.05, 0.1) is 11.4 Å². The predicted octanol–water partition coefficient (Wildman–Crippen LogP) is 3.08. The van der Waals surface area contributed by atoms with E-state index in [0.29, 0.717) is 0 Å². The molecule has 1 aromatic carbocycles. The highest BCUT2D eigenvalue weighted by Crippen LogP contribution is 2.13. The maximum atomic E-state index is 4.43. The molecule has 1 aromatic heterocycles. The number of nitrogens with zero attached hydrogens (tertiary/aromatic N) is 2. The first-order valence-electron chi connectivity index (χ1n) is 4.48. The van der Waals surface area contributed by atoms with Crippen molar-refractivity contribution >= 4 is 15.9 Å². The van der Waals surface area contributed by atoms with E-state index >= 15 is 0 Å². The highest BCUT2D eigenvalue weighted by Gasteiger charge is 2.01. The molecule has 0 aliphatic rings. The van der Waals surface area contributed by atoms with Crippen molar-refractivity contribution in [3.05, 3.63) is 47.8 Å². The molecule has 2 rings (SSSR count). The lowest BCUT2D eigenvalue weighted by molar-refractivity contribution is 0.854. The van der Waals surface area contributed by atoms with Crippen LogP contribution in [0.4, 0.5) is 0 Å². The second-order valence-corrected chi connectivity index (χ2v) is 3.73. The van der Waals surface area contributed by atoms with Crippen molar-refractivity contribution in [2.24, 2.45) is 0 Å². The van der Waals surface area contributed by atoms with E-state index in [1.165, 1.54) is 5.56 Å². The fourth-order valence-electron chi connectivity index (χ4n) is 1.39. The smallest absolute Gasteiger partial charge is 0.0734 e. The molecule has 0 saturated heterocycles. The minimum atomic E-state index is 0.798. The van der Waals surface area contributed by atoms with E-state index in [9.17, 15) is 0 Å². The number of hydrogen-bond donors (Lipinski definition) is 0. The Bertz CT molecular complexity index is 434. The number of para-hydroxylation sites is 1. The van der Waals surface area contributed by atoms with Crippen LogP contribution in [0.5, 0.6) is 0 Å².